The van der Waals surface area contributed by atoms with Gasteiger partial charge in [0.2, 0.25) is 0 Å². The SMILES string of the molecule is CCNC(=NCc1cnc(C)s1)NC(C)CCc1ccccc1. The van der Waals surface area contributed by atoms with Gasteiger partial charge in [-0.15, -0.1) is 11.3 Å². The number of aryl methyl sites for hydroxylation is 2. The molecule has 0 saturated heterocycles. The van der Waals surface area contributed by atoms with Crippen LogP contribution < -0.4 is 10.6 Å². The highest BCUT2D eigenvalue weighted by Crippen LogP contribution is 2.12. The summed E-state index contributed by atoms with van der Waals surface area (Å²) >= 11 is 1.70. The average Bonchev–Trinajstić information content (AvgIpc) is 2.97. The van der Waals surface area contributed by atoms with Crippen LogP contribution in [0.15, 0.2) is 41.5 Å². The van der Waals surface area contributed by atoms with E-state index < -0.39 is 0 Å². The number of aliphatic imine (C=N–C) groups is 1. The molecule has 2 aromatic rings. The molecule has 0 bridgehead atoms. The van der Waals surface area contributed by atoms with Crippen LogP contribution in [0.5, 0.6) is 0 Å². The average molecular weight is 331 g/mol. The summed E-state index contributed by atoms with van der Waals surface area (Å²) in [6.07, 6.45) is 4.06. The van der Waals surface area contributed by atoms with Crippen molar-refractivity contribution >= 4 is 17.3 Å². The Morgan fingerprint density at radius 2 is 2.09 bits per heavy atom. The first kappa shape index (κ1) is 17.5. The van der Waals surface area contributed by atoms with Crippen LogP contribution in [-0.4, -0.2) is 23.5 Å². The zero-order valence-electron chi connectivity index (χ0n) is 14.2. The first-order valence-electron chi connectivity index (χ1n) is 8.17. The van der Waals surface area contributed by atoms with Crippen molar-refractivity contribution in [2.75, 3.05) is 6.54 Å². The molecule has 2 rings (SSSR count). The van der Waals surface area contributed by atoms with Crippen molar-refractivity contribution in [2.45, 2.75) is 46.2 Å². The molecule has 0 aliphatic carbocycles. The first-order valence-corrected chi connectivity index (χ1v) is 8.99. The Balaban J connectivity index is 1.84. The van der Waals surface area contributed by atoms with E-state index in [0.717, 1.165) is 30.4 Å². The van der Waals surface area contributed by atoms with Crippen LogP contribution in [0.3, 0.4) is 0 Å². The summed E-state index contributed by atoms with van der Waals surface area (Å²) in [6, 6.07) is 11.0. The predicted octanol–water partition coefficient (Wildman–Crippen LogP) is 3.53. The highest BCUT2D eigenvalue weighted by Gasteiger charge is 2.06. The second-order valence-electron chi connectivity index (χ2n) is 5.61. The van der Waals surface area contributed by atoms with Gasteiger partial charge in [-0.1, -0.05) is 30.3 Å². The van der Waals surface area contributed by atoms with Crippen LogP contribution in [0.25, 0.3) is 0 Å². The Morgan fingerprint density at radius 1 is 1.30 bits per heavy atom. The fraction of sp³-hybridized carbons (Fsp3) is 0.444. The van der Waals surface area contributed by atoms with E-state index in [0.29, 0.717) is 12.6 Å². The third-order valence-electron chi connectivity index (χ3n) is 3.50. The molecule has 1 atom stereocenters. The van der Waals surface area contributed by atoms with E-state index in [1.165, 1.54) is 10.4 Å². The third kappa shape index (κ3) is 6.40. The van der Waals surface area contributed by atoms with Crippen molar-refractivity contribution in [2.24, 2.45) is 4.99 Å². The Hall–Kier alpha value is -1.88. The number of guanidine groups is 1. The molecule has 4 nitrogen and oxygen atoms in total. The first-order chi connectivity index (χ1) is 11.2. The lowest BCUT2D eigenvalue weighted by atomic mass is 10.1. The van der Waals surface area contributed by atoms with Gasteiger partial charge in [0, 0.05) is 23.7 Å². The second kappa shape index (κ2) is 9.30. The van der Waals surface area contributed by atoms with Crippen LogP contribution in [-0.2, 0) is 13.0 Å². The van der Waals surface area contributed by atoms with Gasteiger partial charge in [-0.25, -0.2) is 9.98 Å². The van der Waals surface area contributed by atoms with Gasteiger partial charge in [0.05, 0.1) is 11.6 Å². The van der Waals surface area contributed by atoms with E-state index in [9.17, 15) is 0 Å². The summed E-state index contributed by atoms with van der Waals surface area (Å²) in [7, 11) is 0. The number of benzene rings is 1. The van der Waals surface area contributed by atoms with Gasteiger partial charge < -0.3 is 10.6 Å². The van der Waals surface area contributed by atoms with Crippen molar-refractivity contribution in [1.82, 2.24) is 15.6 Å². The van der Waals surface area contributed by atoms with Gasteiger partial charge in [0.15, 0.2) is 5.96 Å². The third-order valence-corrected chi connectivity index (χ3v) is 4.40. The number of nitrogens with one attached hydrogen (secondary N) is 2. The summed E-state index contributed by atoms with van der Waals surface area (Å²) in [4.78, 5) is 10.1. The van der Waals surface area contributed by atoms with Gasteiger partial charge in [-0.05, 0) is 39.2 Å². The molecule has 1 unspecified atom stereocenters. The molecule has 23 heavy (non-hydrogen) atoms. The molecule has 124 valence electrons. The lowest BCUT2D eigenvalue weighted by molar-refractivity contribution is 0.593. The summed E-state index contributed by atoms with van der Waals surface area (Å²) in [6.45, 7) is 7.84. The lowest BCUT2D eigenvalue weighted by Crippen LogP contribution is -2.42. The summed E-state index contributed by atoms with van der Waals surface area (Å²) in [5.41, 5.74) is 1.38. The summed E-state index contributed by atoms with van der Waals surface area (Å²) in [5, 5.41) is 7.89. The van der Waals surface area contributed by atoms with Crippen LogP contribution in [0, 0.1) is 6.92 Å². The van der Waals surface area contributed by atoms with E-state index in [1.54, 1.807) is 11.3 Å². The molecule has 0 saturated carbocycles. The highest BCUT2D eigenvalue weighted by molar-refractivity contribution is 7.11. The molecule has 0 radical (unpaired) electrons. The maximum Gasteiger partial charge on any atom is 0.191 e. The van der Waals surface area contributed by atoms with Gasteiger partial charge in [0.1, 0.15) is 0 Å². The fourth-order valence-corrected chi connectivity index (χ4v) is 3.01. The van der Waals surface area contributed by atoms with Crippen LogP contribution in [0.1, 0.15) is 35.7 Å². The molecular weight excluding hydrogens is 304 g/mol. The minimum atomic E-state index is 0.371. The molecule has 2 N–H and O–H groups in total. The number of thiazole rings is 1. The van der Waals surface area contributed by atoms with Gasteiger partial charge in [0.25, 0.3) is 0 Å². The predicted molar refractivity (Wildman–Crippen MR) is 99.0 cm³/mol. The molecule has 1 heterocycles. The Kier molecular flexibility index (Phi) is 7.07. The number of rotatable bonds is 7. The zero-order chi connectivity index (χ0) is 16.5. The standard InChI is InChI=1S/C18H26N4S/c1-4-19-18(21-13-17-12-20-15(3)23-17)22-14(2)10-11-16-8-6-5-7-9-16/h5-9,12,14H,4,10-11,13H2,1-3H3,(H2,19,21,22). The molecule has 1 aromatic carbocycles. The van der Waals surface area contributed by atoms with E-state index >= 15 is 0 Å². The quantitative estimate of drug-likeness (QED) is 0.603. The highest BCUT2D eigenvalue weighted by atomic mass is 32.1. The van der Waals surface area contributed by atoms with E-state index in [1.807, 2.05) is 13.1 Å². The van der Waals surface area contributed by atoms with Crippen LogP contribution in [0.4, 0.5) is 0 Å². The van der Waals surface area contributed by atoms with E-state index in [-0.39, 0.29) is 0 Å². The smallest absolute Gasteiger partial charge is 0.191 e. The van der Waals surface area contributed by atoms with Gasteiger partial charge in [-0.2, -0.15) is 0 Å². The Morgan fingerprint density at radius 3 is 2.74 bits per heavy atom. The van der Waals surface area contributed by atoms with Crippen LogP contribution >= 0.6 is 11.3 Å². The summed E-state index contributed by atoms with van der Waals surface area (Å²) in [5.74, 6) is 0.874. The van der Waals surface area contributed by atoms with E-state index in [2.05, 4.69) is 64.8 Å². The second-order valence-corrected chi connectivity index (χ2v) is 6.93. The number of aromatic nitrogens is 1. The van der Waals surface area contributed by atoms with Crippen molar-refractivity contribution in [3.05, 3.63) is 52.0 Å². The topological polar surface area (TPSA) is 49.3 Å². The molecule has 0 aliphatic heterocycles. The largest absolute Gasteiger partial charge is 0.357 e. The van der Waals surface area contributed by atoms with E-state index in [4.69, 9.17) is 0 Å². The maximum atomic E-state index is 4.66. The van der Waals surface area contributed by atoms with Crippen molar-refractivity contribution in [3.63, 3.8) is 0 Å². The van der Waals surface area contributed by atoms with Gasteiger partial charge in [-0.3, -0.25) is 0 Å². The molecular formula is C18H26N4S. The van der Waals surface area contributed by atoms with Gasteiger partial charge >= 0.3 is 0 Å². The van der Waals surface area contributed by atoms with Crippen molar-refractivity contribution in [3.8, 4) is 0 Å². The summed E-state index contributed by atoms with van der Waals surface area (Å²) < 4.78 is 0. The molecule has 1 aromatic heterocycles. The Bertz CT molecular complexity index is 606. The fourth-order valence-electron chi connectivity index (χ4n) is 2.29. The molecule has 0 aliphatic rings. The lowest BCUT2D eigenvalue weighted by Gasteiger charge is -2.17. The normalized spacial score (nSPS) is 12.9. The zero-order valence-corrected chi connectivity index (χ0v) is 15.0. The monoisotopic (exact) mass is 330 g/mol. The minimum Gasteiger partial charge on any atom is -0.357 e. The molecule has 0 spiro atoms. The molecule has 0 fully saturated rings. The number of hydrogen-bond donors (Lipinski definition) is 2. The number of hydrogen-bond acceptors (Lipinski definition) is 3. The Labute approximate surface area is 143 Å². The maximum absolute atomic E-state index is 4.66. The number of nitrogens with zero attached hydrogens (tertiary/aromatic N) is 2. The molecule has 5 heteroatoms. The molecule has 0 amide bonds. The van der Waals surface area contributed by atoms with Crippen molar-refractivity contribution < 1.29 is 0 Å². The van der Waals surface area contributed by atoms with Crippen molar-refractivity contribution in [1.29, 1.82) is 0 Å². The minimum absolute atomic E-state index is 0.371. The van der Waals surface area contributed by atoms with Crippen LogP contribution in [0.2, 0.25) is 0 Å².